The molecule has 3 aromatic rings. The van der Waals surface area contributed by atoms with E-state index in [1.54, 1.807) is 7.11 Å². The maximum Gasteiger partial charge on any atom is 0.122 e. The Hall–Kier alpha value is -2.62. The number of ether oxygens (including phenoxy) is 1. The largest absolute Gasteiger partial charge is 0.496 e. The van der Waals surface area contributed by atoms with Gasteiger partial charge in [0, 0.05) is 19.0 Å². The summed E-state index contributed by atoms with van der Waals surface area (Å²) in [5.74, 6) is 2.08. The zero-order valence-electron chi connectivity index (χ0n) is 18.3. The first-order chi connectivity index (χ1) is 15.2. The summed E-state index contributed by atoms with van der Waals surface area (Å²) in [6.45, 7) is 2.17. The molecule has 3 heterocycles. The Morgan fingerprint density at radius 2 is 1.42 bits per heavy atom. The van der Waals surface area contributed by atoms with Crippen molar-refractivity contribution in [3.8, 4) is 5.75 Å². The highest BCUT2D eigenvalue weighted by atomic mass is 16.5. The van der Waals surface area contributed by atoms with E-state index in [1.807, 2.05) is 6.07 Å². The Morgan fingerprint density at radius 3 is 2.00 bits per heavy atom. The van der Waals surface area contributed by atoms with Crippen LogP contribution >= 0.6 is 0 Å². The quantitative estimate of drug-likeness (QED) is 0.615. The van der Waals surface area contributed by atoms with E-state index in [2.05, 4.69) is 83.8 Å². The van der Waals surface area contributed by atoms with Crippen molar-refractivity contribution in [2.45, 2.75) is 30.8 Å². The Morgan fingerprint density at radius 1 is 0.871 bits per heavy atom. The van der Waals surface area contributed by atoms with Crippen LogP contribution in [0.2, 0.25) is 0 Å². The summed E-state index contributed by atoms with van der Waals surface area (Å²) in [6.07, 6.45) is 3.40. The number of rotatable bonds is 6. The number of piperidine rings is 3. The minimum absolute atomic E-state index is 0.123. The highest BCUT2D eigenvalue weighted by Gasteiger charge is 2.55. The van der Waals surface area contributed by atoms with Crippen LogP contribution < -0.4 is 10.5 Å². The van der Waals surface area contributed by atoms with Crippen LogP contribution in [0.1, 0.15) is 35.4 Å². The van der Waals surface area contributed by atoms with Gasteiger partial charge in [0.05, 0.1) is 12.8 Å². The molecule has 3 aliphatic rings. The van der Waals surface area contributed by atoms with Crippen LogP contribution in [0, 0.1) is 11.8 Å². The summed E-state index contributed by atoms with van der Waals surface area (Å²) in [4.78, 5) is 2.58. The molecule has 3 heteroatoms. The molecule has 3 aromatic carbocycles. The molecular weight excluding hydrogens is 380 g/mol. The summed E-state index contributed by atoms with van der Waals surface area (Å²) in [5.41, 5.74) is 11.0. The molecule has 3 nitrogen and oxygen atoms in total. The number of benzene rings is 3. The van der Waals surface area contributed by atoms with Crippen molar-refractivity contribution < 1.29 is 4.74 Å². The average molecular weight is 413 g/mol. The summed E-state index contributed by atoms with van der Waals surface area (Å²) in [7, 11) is 1.77. The molecular formula is C28H32N2O. The smallest absolute Gasteiger partial charge is 0.122 e. The van der Waals surface area contributed by atoms with Gasteiger partial charge in [-0.2, -0.15) is 0 Å². The highest BCUT2D eigenvalue weighted by molar-refractivity contribution is 5.40. The third-order valence-corrected chi connectivity index (χ3v) is 7.61. The number of fused-ring (bicyclic) bond motifs is 3. The van der Waals surface area contributed by atoms with Crippen molar-refractivity contribution in [3.63, 3.8) is 0 Å². The van der Waals surface area contributed by atoms with E-state index < -0.39 is 5.66 Å². The van der Waals surface area contributed by atoms with Crippen LogP contribution in [0.15, 0.2) is 84.9 Å². The molecule has 2 bridgehead atoms. The molecule has 3 saturated heterocycles. The number of nitrogens with two attached hydrogens (primary N) is 1. The molecule has 0 unspecified atom stereocenters. The van der Waals surface area contributed by atoms with E-state index in [0.29, 0.717) is 11.8 Å². The molecule has 0 spiro atoms. The average Bonchev–Trinajstić information content (AvgIpc) is 2.83. The van der Waals surface area contributed by atoms with Gasteiger partial charge in [-0.3, -0.25) is 4.90 Å². The molecule has 0 saturated carbocycles. The maximum absolute atomic E-state index is 7.62. The number of para-hydroxylation sites is 1. The standard InChI is InChI=1S/C28H32N2O/c1-31-26-15-9-8-14-24(26)20-25-21-16-18-30(19-17-21)28(25,29)27(22-10-4-2-5-11-22)23-12-6-3-7-13-23/h2-15,21,25,27H,16-20,29H2,1H3/t25-,28-/m0/s1. The van der Waals surface area contributed by atoms with Gasteiger partial charge in [-0.05, 0) is 53.9 Å². The zero-order valence-corrected chi connectivity index (χ0v) is 18.3. The van der Waals surface area contributed by atoms with Crippen molar-refractivity contribution in [1.29, 1.82) is 0 Å². The first kappa shape index (κ1) is 20.3. The Kier molecular flexibility index (Phi) is 5.56. The van der Waals surface area contributed by atoms with Gasteiger partial charge in [0.25, 0.3) is 0 Å². The number of hydrogen-bond donors (Lipinski definition) is 1. The first-order valence-electron chi connectivity index (χ1n) is 11.5. The molecule has 3 fully saturated rings. The van der Waals surface area contributed by atoms with Gasteiger partial charge >= 0.3 is 0 Å². The third-order valence-electron chi connectivity index (χ3n) is 7.61. The molecule has 3 aliphatic heterocycles. The molecule has 6 rings (SSSR count). The van der Waals surface area contributed by atoms with E-state index in [-0.39, 0.29) is 5.92 Å². The Bertz CT molecular complexity index is 958. The SMILES string of the molecule is COc1ccccc1C[C@H]1C2CCN(CC2)[C@]1(N)C(c1ccccc1)c1ccccc1. The van der Waals surface area contributed by atoms with Gasteiger partial charge in [0.15, 0.2) is 0 Å². The summed E-state index contributed by atoms with van der Waals surface area (Å²) < 4.78 is 5.71. The van der Waals surface area contributed by atoms with Gasteiger partial charge in [0.2, 0.25) is 0 Å². The van der Waals surface area contributed by atoms with Gasteiger partial charge in [-0.25, -0.2) is 0 Å². The van der Waals surface area contributed by atoms with Crippen LogP contribution in [0.4, 0.5) is 0 Å². The fourth-order valence-electron chi connectivity index (χ4n) is 6.15. The van der Waals surface area contributed by atoms with Crippen molar-refractivity contribution in [3.05, 3.63) is 102 Å². The normalized spacial score (nSPS) is 27.4. The van der Waals surface area contributed by atoms with Gasteiger partial charge in [-0.1, -0.05) is 78.9 Å². The van der Waals surface area contributed by atoms with E-state index in [9.17, 15) is 0 Å². The summed E-state index contributed by atoms with van der Waals surface area (Å²) >= 11 is 0. The topological polar surface area (TPSA) is 38.5 Å². The number of methoxy groups -OCH3 is 1. The molecule has 0 radical (unpaired) electrons. The first-order valence-corrected chi connectivity index (χ1v) is 11.5. The van der Waals surface area contributed by atoms with E-state index >= 15 is 0 Å². The zero-order chi connectivity index (χ0) is 21.3. The monoisotopic (exact) mass is 412 g/mol. The third kappa shape index (κ3) is 3.56. The molecule has 0 aromatic heterocycles. The van der Waals surface area contributed by atoms with Crippen molar-refractivity contribution in [2.75, 3.05) is 20.2 Å². The second kappa shape index (κ2) is 8.49. The molecule has 2 atom stereocenters. The predicted molar refractivity (Wildman–Crippen MR) is 126 cm³/mol. The van der Waals surface area contributed by atoms with Crippen LogP contribution in [0.25, 0.3) is 0 Å². The van der Waals surface area contributed by atoms with Gasteiger partial charge < -0.3 is 10.5 Å². The van der Waals surface area contributed by atoms with E-state index in [0.717, 1.165) is 25.3 Å². The lowest BCUT2D eigenvalue weighted by molar-refractivity contribution is -0.0920. The summed E-state index contributed by atoms with van der Waals surface area (Å²) in [5, 5.41) is 0. The van der Waals surface area contributed by atoms with Crippen molar-refractivity contribution in [2.24, 2.45) is 17.6 Å². The Balaban J connectivity index is 1.63. The van der Waals surface area contributed by atoms with Gasteiger partial charge in [0.1, 0.15) is 5.75 Å². The minimum Gasteiger partial charge on any atom is -0.496 e. The van der Waals surface area contributed by atoms with E-state index in [4.69, 9.17) is 10.5 Å². The summed E-state index contributed by atoms with van der Waals surface area (Å²) in [6, 6.07) is 30.2. The molecule has 160 valence electrons. The van der Waals surface area contributed by atoms with Gasteiger partial charge in [-0.15, -0.1) is 0 Å². The highest BCUT2D eigenvalue weighted by Crippen LogP contribution is 2.51. The Labute approximate surface area is 185 Å². The predicted octanol–water partition coefficient (Wildman–Crippen LogP) is 5.07. The van der Waals surface area contributed by atoms with Crippen LogP contribution in [0.3, 0.4) is 0 Å². The number of hydrogen-bond acceptors (Lipinski definition) is 3. The minimum atomic E-state index is -0.440. The van der Waals surface area contributed by atoms with Crippen LogP contribution in [-0.2, 0) is 6.42 Å². The van der Waals surface area contributed by atoms with Crippen LogP contribution in [-0.4, -0.2) is 30.8 Å². The number of nitrogens with zero attached hydrogens (tertiary/aromatic N) is 1. The fraction of sp³-hybridized carbons (Fsp3) is 0.357. The lowest BCUT2D eigenvalue weighted by atomic mass is 9.61. The second-order valence-corrected chi connectivity index (χ2v) is 9.09. The lowest BCUT2D eigenvalue weighted by Crippen LogP contribution is -2.72. The van der Waals surface area contributed by atoms with Crippen LogP contribution in [0.5, 0.6) is 5.75 Å². The molecule has 0 aliphatic carbocycles. The van der Waals surface area contributed by atoms with E-state index in [1.165, 1.54) is 29.5 Å². The molecule has 2 N–H and O–H groups in total. The van der Waals surface area contributed by atoms with Crippen molar-refractivity contribution >= 4 is 0 Å². The van der Waals surface area contributed by atoms with Crippen molar-refractivity contribution in [1.82, 2.24) is 4.90 Å². The molecule has 0 amide bonds. The fourth-order valence-corrected chi connectivity index (χ4v) is 6.15. The molecule has 31 heavy (non-hydrogen) atoms. The second-order valence-electron chi connectivity index (χ2n) is 9.09. The maximum atomic E-state index is 7.62. The lowest BCUT2D eigenvalue weighted by Gasteiger charge is -2.61.